The summed E-state index contributed by atoms with van der Waals surface area (Å²) in [7, 11) is 0. The van der Waals surface area contributed by atoms with Crippen LogP contribution in [0.25, 0.3) is 0 Å². The van der Waals surface area contributed by atoms with Crippen molar-refractivity contribution in [3.05, 3.63) is 50.5 Å². The van der Waals surface area contributed by atoms with Crippen LogP contribution in [0.2, 0.25) is 15.1 Å². The molecule has 0 heterocycles. The topological polar surface area (TPSA) is 52.8 Å². The number of phenols is 2. The molecule has 2 aromatic rings. The van der Waals surface area contributed by atoms with Crippen molar-refractivity contribution < 1.29 is 10.2 Å². The fraction of sp³-hybridized carbons (Fsp3) is 0.0714. The maximum absolute atomic E-state index is 9.91. The van der Waals surface area contributed by atoms with Gasteiger partial charge >= 0.3 is 0 Å². The lowest BCUT2D eigenvalue weighted by Crippen LogP contribution is -1.84. The molecule has 3 nitrogen and oxygen atoms in total. The van der Waals surface area contributed by atoms with Crippen molar-refractivity contribution in [1.82, 2.24) is 0 Å². The third-order valence-electron chi connectivity index (χ3n) is 2.73. The minimum absolute atomic E-state index is 0.0296. The molecule has 6 heteroatoms. The van der Waals surface area contributed by atoms with Crippen LogP contribution in [-0.4, -0.2) is 16.4 Å². The smallest absolute Gasteiger partial charge is 0.160 e. The molecule has 2 N–H and O–H groups in total. The molecule has 0 aliphatic rings. The van der Waals surface area contributed by atoms with Gasteiger partial charge in [0, 0.05) is 21.8 Å². The molecule has 0 aliphatic heterocycles. The normalized spacial score (nSPS) is 11.2. The molecule has 2 aromatic carbocycles. The van der Waals surface area contributed by atoms with E-state index in [2.05, 4.69) is 4.99 Å². The van der Waals surface area contributed by atoms with Crippen molar-refractivity contribution in [3.63, 3.8) is 0 Å². The van der Waals surface area contributed by atoms with Crippen molar-refractivity contribution in [2.24, 2.45) is 4.99 Å². The number of halogens is 3. The molecule has 104 valence electrons. The first-order valence-corrected chi connectivity index (χ1v) is 6.73. The van der Waals surface area contributed by atoms with Crippen molar-refractivity contribution in [3.8, 4) is 11.5 Å². The summed E-state index contributed by atoms with van der Waals surface area (Å²) in [6, 6.07) is 6.06. The molecule has 0 bridgehead atoms. The lowest BCUT2D eigenvalue weighted by atomic mass is 10.2. The summed E-state index contributed by atoms with van der Waals surface area (Å²) in [5.74, 6) is -0.131. The Morgan fingerprint density at radius 2 is 1.80 bits per heavy atom. The third-order valence-corrected chi connectivity index (χ3v) is 3.82. The predicted octanol–water partition coefficient (Wildman–Crippen LogP) is 5.12. The molecule has 20 heavy (non-hydrogen) atoms. The van der Waals surface area contributed by atoms with E-state index in [1.807, 2.05) is 0 Å². The maximum atomic E-state index is 9.91. The monoisotopic (exact) mass is 329 g/mol. The fourth-order valence-electron chi connectivity index (χ4n) is 1.56. The zero-order chi connectivity index (χ0) is 14.9. The van der Waals surface area contributed by atoms with E-state index in [1.165, 1.54) is 18.3 Å². The molecule has 0 amide bonds. The molecule has 0 radical (unpaired) electrons. The van der Waals surface area contributed by atoms with E-state index >= 15 is 0 Å². The van der Waals surface area contributed by atoms with Crippen LogP contribution >= 0.6 is 34.8 Å². The van der Waals surface area contributed by atoms with Crippen LogP contribution < -0.4 is 0 Å². The standard InChI is InChI=1S/C14H10Cl3NO2/c1-7-10(16)5-11(14(20)13(7)17)18-6-8-4-9(15)2-3-12(8)19/h2-6,19-20H,1H3. The van der Waals surface area contributed by atoms with Gasteiger partial charge in [-0.05, 0) is 36.8 Å². The van der Waals surface area contributed by atoms with Gasteiger partial charge in [0.1, 0.15) is 11.4 Å². The van der Waals surface area contributed by atoms with Crippen LogP contribution in [0, 0.1) is 6.92 Å². The highest BCUT2D eigenvalue weighted by molar-refractivity contribution is 6.37. The number of nitrogens with zero attached hydrogens (tertiary/aromatic N) is 1. The summed E-state index contributed by atoms with van der Waals surface area (Å²) in [4.78, 5) is 4.08. The summed E-state index contributed by atoms with van der Waals surface area (Å²) >= 11 is 17.8. The van der Waals surface area contributed by atoms with Gasteiger partial charge < -0.3 is 10.2 Å². The molecule has 0 unspecified atom stereocenters. The Kier molecular flexibility index (Phi) is 4.43. The molecule has 2 rings (SSSR count). The molecule has 0 fully saturated rings. The number of aromatic hydroxyl groups is 2. The predicted molar refractivity (Wildman–Crippen MR) is 83.2 cm³/mol. The first kappa shape index (κ1) is 15.0. The van der Waals surface area contributed by atoms with Crippen LogP contribution in [0.5, 0.6) is 11.5 Å². The highest BCUT2D eigenvalue weighted by Crippen LogP contribution is 2.40. The summed E-state index contributed by atoms with van der Waals surface area (Å²) in [5, 5.41) is 20.6. The highest BCUT2D eigenvalue weighted by atomic mass is 35.5. The van der Waals surface area contributed by atoms with Crippen LogP contribution in [0.1, 0.15) is 11.1 Å². The summed E-state index contributed by atoms with van der Waals surface area (Å²) < 4.78 is 0. The molecule has 0 aromatic heterocycles. The Hall–Kier alpha value is -1.42. The van der Waals surface area contributed by atoms with Gasteiger partial charge in [0.15, 0.2) is 5.75 Å². The highest BCUT2D eigenvalue weighted by Gasteiger charge is 2.11. The van der Waals surface area contributed by atoms with E-state index in [4.69, 9.17) is 34.8 Å². The minimum atomic E-state index is -0.161. The van der Waals surface area contributed by atoms with E-state index in [0.29, 0.717) is 21.2 Å². The molecule has 0 saturated carbocycles. The quantitative estimate of drug-likeness (QED) is 0.751. The number of phenolic OH excluding ortho intramolecular Hbond substituents is 2. The van der Waals surface area contributed by atoms with Crippen molar-refractivity contribution in [1.29, 1.82) is 0 Å². The van der Waals surface area contributed by atoms with Crippen LogP contribution in [0.4, 0.5) is 5.69 Å². The Balaban J connectivity index is 2.44. The van der Waals surface area contributed by atoms with Crippen LogP contribution in [0.3, 0.4) is 0 Å². The second kappa shape index (κ2) is 5.92. The SMILES string of the molecule is Cc1c(Cl)cc(N=Cc2cc(Cl)ccc2O)c(O)c1Cl. The van der Waals surface area contributed by atoms with E-state index in [0.717, 1.165) is 0 Å². The Morgan fingerprint density at radius 1 is 1.10 bits per heavy atom. The van der Waals surface area contributed by atoms with Crippen molar-refractivity contribution >= 4 is 46.7 Å². The second-order valence-corrected chi connectivity index (χ2v) is 5.35. The average molecular weight is 331 g/mol. The molecular formula is C14H10Cl3NO2. The Bertz CT molecular complexity index is 699. The average Bonchev–Trinajstić information content (AvgIpc) is 2.42. The minimum Gasteiger partial charge on any atom is -0.507 e. The van der Waals surface area contributed by atoms with Gasteiger partial charge in [-0.1, -0.05) is 34.8 Å². The zero-order valence-corrected chi connectivity index (χ0v) is 12.6. The second-order valence-electron chi connectivity index (χ2n) is 4.13. The lowest BCUT2D eigenvalue weighted by Gasteiger charge is -2.07. The molecule has 0 aliphatic carbocycles. The number of benzene rings is 2. The Morgan fingerprint density at radius 3 is 2.50 bits per heavy atom. The number of rotatable bonds is 2. The first-order valence-electron chi connectivity index (χ1n) is 5.60. The fourth-order valence-corrected chi connectivity index (χ4v) is 2.18. The van der Waals surface area contributed by atoms with Gasteiger partial charge in [-0.25, -0.2) is 0 Å². The molecule has 0 spiro atoms. The molecule has 0 atom stereocenters. The zero-order valence-electron chi connectivity index (χ0n) is 10.4. The van der Waals surface area contributed by atoms with Crippen molar-refractivity contribution in [2.75, 3.05) is 0 Å². The van der Waals surface area contributed by atoms with Gasteiger partial charge in [0.05, 0.1) is 5.02 Å². The van der Waals surface area contributed by atoms with Crippen LogP contribution in [0.15, 0.2) is 29.3 Å². The van der Waals surface area contributed by atoms with E-state index in [-0.39, 0.29) is 22.2 Å². The van der Waals surface area contributed by atoms with Gasteiger partial charge in [0.25, 0.3) is 0 Å². The first-order chi connectivity index (χ1) is 9.40. The van der Waals surface area contributed by atoms with Crippen LogP contribution in [-0.2, 0) is 0 Å². The number of hydrogen-bond donors (Lipinski definition) is 2. The van der Waals surface area contributed by atoms with Crippen molar-refractivity contribution in [2.45, 2.75) is 6.92 Å². The summed E-state index contributed by atoms with van der Waals surface area (Å²) in [6.07, 6.45) is 1.37. The largest absolute Gasteiger partial charge is 0.507 e. The number of aliphatic imine (C=N–C) groups is 1. The van der Waals surface area contributed by atoms with E-state index < -0.39 is 0 Å². The number of hydrogen-bond acceptors (Lipinski definition) is 3. The van der Waals surface area contributed by atoms with E-state index in [1.54, 1.807) is 19.1 Å². The lowest BCUT2D eigenvalue weighted by molar-refractivity contribution is 0.474. The summed E-state index contributed by atoms with van der Waals surface area (Å²) in [6.45, 7) is 1.70. The molecule has 0 saturated heterocycles. The Labute approximate surface area is 131 Å². The van der Waals surface area contributed by atoms with Gasteiger partial charge in [-0.3, -0.25) is 4.99 Å². The van der Waals surface area contributed by atoms with Gasteiger partial charge in [-0.15, -0.1) is 0 Å². The van der Waals surface area contributed by atoms with E-state index in [9.17, 15) is 10.2 Å². The third kappa shape index (κ3) is 3.01. The molecular weight excluding hydrogens is 321 g/mol. The van der Waals surface area contributed by atoms with Gasteiger partial charge in [0.2, 0.25) is 0 Å². The van der Waals surface area contributed by atoms with Gasteiger partial charge in [-0.2, -0.15) is 0 Å². The summed E-state index contributed by atoms with van der Waals surface area (Å²) in [5.41, 5.74) is 1.21. The maximum Gasteiger partial charge on any atom is 0.160 e.